The number of hydrogen-bond donors (Lipinski definition) is 1. The summed E-state index contributed by atoms with van der Waals surface area (Å²) in [5.41, 5.74) is 6.43. The number of nitrogens with two attached hydrogens (primary N) is 1. The Morgan fingerprint density at radius 3 is 2.20 bits per heavy atom. The van der Waals surface area contributed by atoms with Gasteiger partial charge in [0.25, 0.3) is 0 Å². The average Bonchev–Trinajstić information content (AvgIpc) is 2.30. The molecule has 0 aromatic heterocycles. The van der Waals surface area contributed by atoms with Gasteiger partial charge in [0, 0.05) is 31.9 Å². The first kappa shape index (κ1) is 9.83. The highest BCUT2D eigenvalue weighted by Crippen LogP contribution is 2.15. The van der Waals surface area contributed by atoms with Crippen LogP contribution in [-0.2, 0) is 0 Å². The van der Waals surface area contributed by atoms with Crippen LogP contribution in [0.2, 0.25) is 0 Å². The number of carbonyl (C=O) groups excluding carboxylic acids is 1. The van der Waals surface area contributed by atoms with E-state index in [1.54, 1.807) is 4.90 Å². The van der Waals surface area contributed by atoms with Gasteiger partial charge in [0.1, 0.15) is 0 Å². The Kier molecular flexibility index (Phi) is 2.76. The van der Waals surface area contributed by atoms with Gasteiger partial charge >= 0.3 is 6.03 Å². The summed E-state index contributed by atoms with van der Waals surface area (Å²) in [4.78, 5) is 14.9. The van der Waals surface area contributed by atoms with Crippen LogP contribution in [0.15, 0.2) is 30.3 Å². The maximum Gasteiger partial charge on any atom is 0.314 e. The van der Waals surface area contributed by atoms with Gasteiger partial charge in [-0.05, 0) is 12.1 Å². The molecule has 2 amide bonds. The van der Waals surface area contributed by atoms with E-state index in [1.165, 1.54) is 5.69 Å². The van der Waals surface area contributed by atoms with E-state index in [4.69, 9.17) is 5.73 Å². The van der Waals surface area contributed by atoms with Gasteiger partial charge < -0.3 is 15.5 Å². The fourth-order valence-electron chi connectivity index (χ4n) is 1.82. The number of amides is 2. The molecule has 2 N–H and O–H groups in total. The highest BCUT2D eigenvalue weighted by atomic mass is 16.2. The Balaban J connectivity index is 1.97. The maximum absolute atomic E-state index is 10.9. The van der Waals surface area contributed by atoms with E-state index in [0.29, 0.717) is 13.1 Å². The summed E-state index contributed by atoms with van der Waals surface area (Å²) in [6.07, 6.45) is 0. The fraction of sp³-hybridized carbons (Fsp3) is 0.364. The van der Waals surface area contributed by atoms with Crippen LogP contribution in [0.1, 0.15) is 0 Å². The zero-order valence-corrected chi connectivity index (χ0v) is 8.60. The first-order chi connectivity index (χ1) is 7.27. The Hall–Kier alpha value is -1.71. The van der Waals surface area contributed by atoms with Crippen LogP contribution in [0.25, 0.3) is 0 Å². The van der Waals surface area contributed by atoms with Crippen molar-refractivity contribution in [3.63, 3.8) is 0 Å². The molecule has 0 radical (unpaired) electrons. The molecular weight excluding hydrogens is 190 g/mol. The van der Waals surface area contributed by atoms with Gasteiger partial charge in [-0.15, -0.1) is 0 Å². The summed E-state index contributed by atoms with van der Waals surface area (Å²) >= 11 is 0. The molecule has 15 heavy (non-hydrogen) atoms. The molecule has 4 nitrogen and oxygen atoms in total. The molecule has 1 aromatic rings. The highest BCUT2D eigenvalue weighted by Gasteiger charge is 2.18. The third-order valence-corrected chi connectivity index (χ3v) is 2.71. The van der Waals surface area contributed by atoms with Gasteiger partial charge in [0.05, 0.1) is 0 Å². The number of urea groups is 1. The third kappa shape index (κ3) is 2.21. The van der Waals surface area contributed by atoms with Gasteiger partial charge in [0.2, 0.25) is 0 Å². The van der Waals surface area contributed by atoms with Crippen LogP contribution in [0, 0.1) is 0 Å². The number of hydrogen-bond acceptors (Lipinski definition) is 2. The van der Waals surface area contributed by atoms with E-state index in [0.717, 1.165) is 13.1 Å². The second-order valence-electron chi connectivity index (χ2n) is 3.65. The molecule has 0 saturated carbocycles. The van der Waals surface area contributed by atoms with Crippen molar-refractivity contribution >= 4 is 11.7 Å². The van der Waals surface area contributed by atoms with Crippen LogP contribution in [-0.4, -0.2) is 37.1 Å². The lowest BCUT2D eigenvalue weighted by atomic mass is 10.2. The standard InChI is InChI=1S/C11H15N3O/c12-11(15)14-8-6-13(7-9-14)10-4-2-1-3-5-10/h1-5H,6-9H2,(H2,12,15). The first-order valence-electron chi connectivity index (χ1n) is 5.12. The molecule has 1 aromatic carbocycles. The molecule has 1 fully saturated rings. The number of para-hydroxylation sites is 1. The smallest absolute Gasteiger partial charge is 0.314 e. The normalized spacial score (nSPS) is 16.5. The third-order valence-electron chi connectivity index (χ3n) is 2.71. The van der Waals surface area contributed by atoms with Crippen molar-refractivity contribution in [3.8, 4) is 0 Å². The predicted octanol–water partition coefficient (Wildman–Crippen LogP) is 0.887. The fourth-order valence-corrected chi connectivity index (χ4v) is 1.82. The minimum Gasteiger partial charge on any atom is -0.368 e. The Morgan fingerprint density at radius 2 is 1.67 bits per heavy atom. The number of rotatable bonds is 1. The van der Waals surface area contributed by atoms with E-state index < -0.39 is 0 Å². The SMILES string of the molecule is NC(=O)N1CCN(c2ccccc2)CC1. The quantitative estimate of drug-likeness (QED) is 0.740. The monoisotopic (exact) mass is 205 g/mol. The van der Waals surface area contributed by atoms with Crippen molar-refractivity contribution < 1.29 is 4.79 Å². The summed E-state index contributed by atoms with van der Waals surface area (Å²) in [6, 6.07) is 9.90. The molecule has 0 aliphatic carbocycles. The molecule has 2 rings (SSSR count). The first-order valence-corrected chi connectivity index (χ1v) is 5.12. The van der Waals surface area contributed by atoms with Crippen LogP contribution < -0.4 is 10.6 Å². The summed E-state index contributed by atoms with van der Waals surface area (Å²) in [5.74, 6) is 0. The molecule has 80 valence electrons. The lowest BCUT2D eigenvalue weighted by molar-refractivity contribution is 0.204. The van der Waals surface area contributed by atoms with Crippen LogP contribution in [0.4, 0.5) is 10.5 Å². The van der Waals surface area contributed by atoms with E-state index >= 15 is 0 Å². The largest absolute Gasteiger partial charge is 0.368 e. The number of anilines is 1. The van der Waals surface area contributed by atoms with Crippen molar-refractivity contribution in [2.75, 3.05) is 31.1 Å². The minimum atomic E-state index is -0.317. The number of nitrogens with zero attached hydrogens (tertiary/aromatic N) is 2. The van der Waals surface area contributed by atoms with Crippen LogP contribution in [0.5, 0.6) is 0 Å². The van der Waals surface area contributed by atoms with Crippen LogP contribution >= 0.6 is 0 Å². The number of benzene rings is 1. The molecule has 0 atom stereocenters. The molecular formula is C11H15N3O. The molecule has 4 heteroatoms. The van der Waals surface area contributed by atoms with Crippen molar-refractivity contribution in [1.82, 2.24) is 4.90 Å². The molecule has 0 spiro atoms. The zero-order chi connectivity index (χ0) is 10.7. The average molecular weight is 205 g/mol. The molecule has 0 bridgehead atoms. The predicted molar refractivity (Wildman–Crippen MR) is 59.8 cm³/mol. The summed E-state index contributed by atoms with van der Waals surface area (Å²) < 4.78 is 0. The van der Waals surface area contributed by atoms with Crippen molar-refractivity contribution in [2.45, 2.75) is 0 Å². The highest BCUT2D eigenvalue weighted by molar-refractivity contribution is 5.72. The van der Waals surface area contributed by atoms with Gasteiger partial charge in [-0.25, -0.2) is 4.79 Å². The second-order valence-corrected chi connectivity index (χ2v) is 3.65. The van der Waals surface area contributed by atoms with E-state index in [9.17, 15) is 4.79 Å². The summed E-state index contributed by atoms with van der Waals surface area (Å²) in [7, 11) is 0. The van der Waals surface area contributed by atoms with E-state index in [2.05, 4.69) is 17.0 Å². The van der Waals surface area contributed by atoms with Crippen molar-refractivity contribution in [1.29, 1.82) is 0 Å². The second kappa shape index (κ2) is 4.21. The maximum atomic E-state index is 10.9. The summed E-state index contributed by atoms with van der Waals surface area (Å²) in [6.45, 7) is 3.13. The Morgan fingerprint density at radius 1 is 1.07 bits per heavy atom. The molecule has 0 unspecified atom stereocenters. The van der Waals surface area contributed by atoms with Gasteiger partial charge in [-0.1, -0.05) is 18.2 Å². The van der Waals surface area contributed by atoms with Crippen molar-refractivity contribution in [2.24, 2.45) is 5.73 Å². The minimum absolute atomic E-state index is 0.317. The van der Waals surface area contributed by atoms with Gasteiger partial charge in [-0.2, -0.15) is 0 Å². The number of primary amides is 1. The summed E-state index contributed by atoms with van der Waals surface area (Å²) in [5, 5.41) is 0. The lowest BCUT2D eigenvalue weighted by Crippen LogP contribution is -2.50. The topological polar surface area (TPSA) is 49.6 Å². The lowest BCUT2D eigenvalue weighted by Gasteiger charge is -2.35. The zero-order valence-electron chi connectivity index (χ0n) is 8.60. The molecule has 1 saturated heterocycles. The van der Waals surface area contributed by atoms with Crippen LogP contribution in [0.3, 0.4) is 0 Å². The number of piperazine rings is 1. The number of carbonyl (C=O) groups is 1. The van der Waals surface area contributed by atoms with E-state index in [1.807, 2.05) is 18.2 Å². The van der Waals surface area contributed by atoms with E-state index in [-0.39, 0.29) is 6.03 Å². The Bertz CT molecular complexity index is 331. The molecule has 1 heterocycles. The van der Waals surface area contributed by atoms with Gasteiger partial charge in [-0.3, -0.25) is 0 Å². The van der Waals surface area contributed by atoms with Gasteiger partial charge in [0.15, 0.2) is 0 Å². The van der Waals surface area contributed by atoms with Crippen molar-refractivity contribution in [3.05, 3.63) is 30.3 Å². The Labute approximate surface area is 89.3 Å². The molecule has 1 aliphatic heterocycles. The molecule has 1 aliphatic rings.